The fourth-order valence-electron chi connectivity index (χ4n) is 1.52. The third-order valence-electron chi connectivity index (χ3n) is 2.26. The molecule has 0 atom stereocenters. The first-order valence-corrected chi connectivity index (χ1v) is 4.72. The summed E-state index contributed by atoms with van der Waals surface area (Å²) in [6.45, 7) is 1.95. The van der Waals surface area contributed by atoms with Gasteiger partial charge < -0.3 is 10.3 Å². The first-order chi connectivity index (χ1) is 7.22. The van der Waals surface area contributed by atoms with Gasteiger partial charge in [-0.2, -0.15) is 0 Å². The van der Waals surface area contributed by atoms with Gasteiger partial charge in [0.05, 0.1) is 0 Å². The van der Waals surface area contributed by atoms with Crippen molar-refractivity contribution in [2.24, 2.45) is 0 Å². The normalized spacial score (nSPS) is 10.5. The molecule has 1 aromatic heterocycles. The highest BCUT2D eigenvalue weighted by molar-refractivity contribution is 5.65. The van der Waals surface area contributed by atoms with E-state index in [9.17, 15) is 4.39 Å². The average Bonchev–Trinajstić information content (AvgIpc) is 2.59. The molecule has 0 saturated heterocycles. The topological polar surface area (TPSA) is 52.0 Å². The van der Waals surface area contributed by atoms with E-state index in [1.807, 2.05) is 6.92 Å². The highest BCUT2D eigenvalue weighted by Crippen LogP contribution is 2.28. The number of halogens is 1. The maximum Gasteiger partial charge on any atom is 0.172 e. The molecule has 0 amide bonds. The first-order valence-electron chi connectivity index (χ1n) is 4.72. The van der Waals surface area contributed by atoms with Crippen LogP contribution in [0.15, 0.2) is 28.8 Å². The molecule has 4 heteroatoms. The molecule has 0 aliphatic rings. The summed E-state index contributed by atoms with van der Waals surface area (Å²) in [5.41, 5.74) is 7.11. The van der Waals surface area contributed by atoms with E-state index in [0.29, 0.717) is 23.6 Å². The smallest absolute Gasteiger partial charge is 0.172 e. The number of hydrogen-bond donors (Lipinski definition) is 1. The van der Waals surface area contributed by atoms with Crippen molar-refractivity contribution < 1.29 is 8.91 Å². The molecule has 2 N–H and O–H groups in total. The molecule has 0 fully saturated rings. The van der Waals surface area contributed by atoms with Crippen LogP contribution in [0.3, 0.4) is 0 Å². The summed E-state index contributed by atoms with van der Waals surface area (Å²) in [5, 5.41) is 3.67. The lowest BCUT2D eigenvalue weighted by Crippen LogP contribution is -1.91. The van der Waals surface area contributed by atoms with Crippen LogP contribution in [0.4, 0.5) is 10.2 Å². The van der Waals surface area contributed by atoms with Gasteiger partial charge in [0.15, 0.2) is 11.6 Å². The van der Waals surface area contributed by atoms with Crippen molar-refractivity contribution in [1.82, 2.24) is 5.16 Å². The van der Waals surface area contributed by atoms with E-state index < -0.39 is 0 Å². The SMILES string of the molecule is CCc1c(N)noc1-c1cccc(F)c1. The molecule has 1 heterocycles. The minimum Gasteiger partial charge on any atom is -0.381 e. The standard InChI is InChI=1S/C11H11FN2O/c1-2-9-10(15-14-11(9)13)7-4-3-5-8(12)6-7/h3-6H,2H2,1H3,(H2,13,14). The maximum absolute atomic E-state index is 13.0. The van der Waals surface area contributed by atoms with Crippen LogP contribution in [0.1, 0.15) is 12.5 Å². The van der Waals surface area contributed by atoms with Gasteiger partial charge in [0.1, 0.15) is 5.82 Å². The molecule has 0 saturated carbocycles. The van der Waals surface area contributed by atoms with Crippen LogP contribution in [0.2, 0.25) is 0 Å². The predicted octanol–water partition coefficient (Wildman–Crippen LogP) is 2.63. The van der Waals surface area contributed by atoms with Gasteiger partial charge in [-0.25, -0.2) is 4.39 Å². The number of aromatic nitrogens is 1. The van der Waals surface area contributed by atoms with E-state index in [0.717, 1.165) is 5.56 Å². The maximum atomic E-state index is 13.0. The molecule has 2 rings (SSSR count). The van der Waals surface area contributed by atoms with Crippen LogP contribution in [0.5, 0.6) is 0 Å². The molecular weight excluding hydrogens is 195 g/mol. The number of benzene rings is 1. The molecule has 78 valence electrons. The summed E-state index contributed by atoms with van der Waals surface area (Å²) in [7, 11) is 0. The van der Waals surface area contributed by atoms with Crippen molar-refractivity contribution in [3.8, 4) is 11.3 Å². The molecular formula is C11H11FN2O. The largest absolute Gasteiger partial charge is 0.381 e. The first kappa shape index (κ1) is 9.71. The zero-order chi connectivity index (χ0) is 10.8. The second-order valence-corrected chi connectivity index (χ2v) is 3.24. The second-order valence-electron chi connectivity index (χ2n) is 3.24. The predicted molar refractivity (Wildman–Crippen MR) is 55.7 cm³/mol. The van der Waals surface area contributed by atoms with Gasteiger partial charge in [-0.3, -0.25) is 0 Å². The van der Waals surface area contributed by atoms with Crippen LogP contribution in [0, 0.1) is 5.82 Å². The van der Waals surface area contributed by atoms with E-state index >= 15 is 0 Å². The van der Waals surface area contributed by atoms with E-state index in [2.05, 4.69) is 5.16 Å². The van der Waals surface area contributed by atoms with Gasteiger partial charge >= 0.3 is 0 Å². The highest BCUT2D eigenvalue weighted by Gasteiger charge is 2.13. The summed E-state index contributed by atoms with van der Waals surface area (Å²) in [6, 6.07) is 6.18. The second kappa shape index (κ2) is 3.73. The van der Waals surface area contributed by atoms with Crippen LogP contribution in [-0.2, 0) is 6.42 Å². The van der Waals surface area contributed by atoms with Crippen molar-refractivity contribution in [2.75, 3.05) is 5.73 Å². The van der Waals surface area contributed by atoms with Gasteiger partial charge in [-0.1, -0.05) is 24.2 Å². The van der Waals surface area contributed by atoms with Crippen molar-refractivity contribution in [3.63, 3.8) is 0 Å². The number of anilines is 1. The van der Waals surface area contributed by atoms with Crippen LogP contribution in [0.25, 0.3) is 11.3 Å². The molecule has 1 aromatic carbocycles. The number of nitrogens with two attached hydrogens (primary N) is 1. The number of rotatable bonds is 2. The molecule has 2 aromatic rings. The Morgan fingerprint density at radius 3 is 2.93 bits per heavy atom. The lowest BCUT2D eigenvalue weighted by atomic mass is 10.1. The van der Waals surface area contributed by atoms with Crippen LogP contribution < -0.4 is 5.73 Å². The van der Waals surface area contributed by atoms with Gasteiger partial charge in [0, 0.05) is 11.1 Å². The Morgan fingerprint density at radius 2 is 2.27 bits per heavy atom. The Morgan fingerprint density at radius 1 is 1.47 bits per heavy atom. The molecule has 15 heavy (non-hydrogen) atoms. The summed E-state index contributed by atoms with van der Waals surface area (Å²) < 4.78 is 18.1. The fraction of sp³-hybridized carbons (Fsp3) is 0.182. The Balaban J connectivity index is 2.54. The number of nitrogen functional groups attached to an aromatic ring is 1. The minimum atomic E-state index is -0.301. The zero-order valence-corrected chi connectivity index (χ0v) is 8.33. The molecule has 0 aliphatic heterocycles. The molecule has 3 nitrogen and oxygen atoms in total. The third-order valence-corrected chi connectivity index (χ3v) is 2.26. The Bertz CT molecular complexity index is 479. The van der Waals surface area contributed by atoms with Gasteiger partial charge in [0.25, 0.3) is 0 Å². The lowest BCUT2D eigenvalue weighted by molar-refractivity contribution is 0.435. The molecule has 0 aliphatic carbocycles. The van der Waals surface area contributed by atoms with E-state index in [4.69, 9.17) is 10.3 Å². The quantitative estimate of drug-likeness (QED) is 0.821. The molecule has 0 unspecified atom stereocenters. The Labute approximate surface area is 86.7 Å². The molecule has 0 spiro atoms. The number of hydrogen-bond acceptors (Lipinski definition) is 3. The highest BCUT2D eigenvalue weighted by atomic mass is 19.1. The van der Waals surface area contributed by atoms with Crippen LogP contribution in [-0.4, -0.2) is 5.16 Å². The summed E-state index contributed by atoms with van der Waals surface area (Å²) in [6.07, 6.45) is 0.710. The Hall–Kier alpha value is -1.84. The minimum absolute atomic E-state index is 0.301. The van der Waals surface area contributed by atoms with E-state index in [1.54, 1.807) is 12.1 Å². The van der Waals surface area contributed by atoms with Crippen molar-refractivity contribution in [2.45, 2.75) is 13.3 Å². The van der Waals surface area contributed by atoms with Gasteiger partial charge in [-0.05, 0) is 18.6 Å². The van der Waals surface area contributed by atoms with E-state index in [-0.39, 0.29) is 5.82 Å². The summed E-state index contributed by atoms with van der Waals surface area (Å²) in [4.78, 5) is 0. The van der Waals surface area contributed by atoms with Crippen molar-refractivity contribution in [3.05, 3.63) is 35.6 Å². The monoisotopic (exact) mass is 206 g/mol. The van der Waals surface area contributed by atoms with Crippen LogP contribution >= 0.6 is 0 Å². The third kappa shape index (κ3) is 1.70. The van der Waals surface area contributed by atoms with Crippen molar-refractivity contribution in [1.29, 1.82) is 0 Å². The zero-order valence-electron chi connectivity index (χ0n) is 8.33. The lowest BCUT2D eigenvalue weighted by Gasteiger charge is -1.98. The van der Waals surface area contributed by atoms with Gasteiger partial charge in [-0.15, -0.1) is 0 Å². The molecule has 0 radical (unpaired) electrons. The summed E-state index contributed by atoms with van der Waals surface area (Å²) >= 11 is 0. The van der Waals surface area contributed by atoms with Gasteiger partial charge in [0.2, 0.25) is 0 Å². The van der Waals surface area contributed by atoms with Crippen molar-refractivity contribution >= 4 is 5.82 Å². The summed E-state index contributed by atoms with van der Waals surface area (Å²) in [5.74, 6) is 0.621. The number of nitrogens with zero attached hydrogens (tertiary/aromatic N) is 1. The average molecular weight is 206 g/mol. The Kier molecular flexibility index (Phi) is 2.41. The fourth-order valence-corrected chi connectivity index (χ4v) is 1.52. The van der Waals surface area contributed by atoms with E-state index in [1.165, 1.54) is 12.1 Å². The molecule has 0 bridgehead atoms.